The van der Waals surface area contributed by atoms with Crippen LogP contribution in [0.1, 0.15) is 26.2 Å². The third-order valence-corrected chi connectivity index (χ3v) is 3.59. The van der Waals surface area contributed by atoms with Gasteiger partial charge in [-0.25, -0.2) is 0 Å². The highest BCUT2D eigenvalue weighted by Crippen LogP contribution is 2.16. The van der Waals surface area contributed by atoms with Crippen LogP contribution in [0.15, 0.2) is 24.3 Å². The minimum Gasteiger partial charge on any atom is -0.399 e. The number of hydrogen-bond donors (Lipinski definition) is 2. The van der Waals surface area contributed by atoms with Crippen molar-refractivity contribution in [2.24, 2.45) is 5.92 Å². The van der Waals surface area contributed by atoms with Gasteiger partial charge in [0.1, 0.15) is 0 Å². The molecule has 104 valence electrons. The van der Waals surface area contributed by atoms with Crippen molar-refractivity contribution < 1.29 is 4.79 Å². The van der Waals surface area contributed by atoms with Gasteiger partial charge in [0.25, 0.3) is 0 Å². The van der Waals surface area contributed by atoms with E-state index in [1.807, 2.05) is 12.1 Å². The van der Waals surface area contributed by atoms with Crippen molar-refractivity contribution in [3.05, 3.63) is 24.3 Å². The molecule has 0 aromatic heterocycles. The Morgan fingerprint density at radius 2 is 2.16 bits per heavy atom. The maximum absolute atomic E-state index is 11.9. The molecule has 1 fully saturated rings. The zero-order chi connectivity index (χ0) is 13.7. The Balaban J connectivity index is 1.73. The minimum atomic E-state index is 0.0722. The summed E-state index contributed by atoms with van der Waals surface area (Å²) in [7, 11) is 0. The van der Waals surface area contributed by atoms with Gasteiger partial charge in [0, 0.05) is 30.9 Å². The molecule has 1 unspecified atom stereocenters. The van der Waals surface area contributed by atoms with E-state index in [4.69, 9.17) is 5.73 Å². The number of nitrogens with zero attached hydrogens (tertiary/aromatic N) is 1. The quantitative estimate of drug-likeness (QED) is 0.818. The van der Waals surface area contributed by atoms with Gasteiger partial charge in [-0.3, -0.25) is 4.79 Å². The van der Waals surface area contributed by atoms with E-state index in [9.17, 15) is 4.79 Å². The normalized spacial score (nSPS) is 20.2. The first-order chi connectivity index (χ1) is 9.13. The molecule has 3 N–H and O–H groups in total. The van der Waals surface area contributed by atoms with Crippen LogP contribution >= 0.6 is 0 Å². The van der Waals surface area contributed by atoms with Gasteiger partial charge in [0.15, 0.2) is 0 Å². The molecule has 0 saturated carbocycles. The van der Waals surface area contributed by atoms with Crippen molar-refractivity contribution in [3.63, 3.8) is 0 Å². The molecule has 1 aliphatic heterocycles. The van der Waals surface area contributed by atoms with E-state index < -0.39 is 0 Å². The topological polar surface area (TPSA) is 58.4 Å². The summed E-state index contributed by atoms with van der Waals surface area (Å²) in [5, 5.41) is 2.90. The van der Waals surface area contributed by atoms with Crippen LogP contribution in [0.5, 0.6) is 0 Å². The summed E-state index contributed by atoms with van der Waals surface area (Å²) in [6.07, 6.45) is 3.12. The van der Waals surface area contributed by atoms with Gasteiger partial charge < -0.3 is 16.0 Å². The molecule has 1 heterocycles. The molecule has 4 nitrogen and oxygen atoms in total. The van der Waals surface area contributed by atoms with Crippen LogP contribution in [-0.4, -0.2) is 30.4 Å². The molecule has 1 aromatic rings. The lowest BCUT2D eigenvalue weighted by atomic mass is 10.0. The Hall–Kier alpha value is -1.55. The smallest absolute Gasteiger partial charge is 0.225 e. The standard InChI is InChI=1S/C15H23N3O/c1-12-3-2-9-18(11-12)10-8-15(19)17-14-6-4-13(16)5-7-14/h4-7,12H,2-3,8-11,16H2,1H3,(H,17,19). The minimum absolute atomic E-state index is 0.0722. The van der Waals surface area contributed by atoms with E-state index in [0.717, 1.165) is 31.2 Å². The molecule has 0 aliphatic carbocycles. The average Bonchev–Trinajstić information content (AvgIpc) is 2.39. The third kappa shape index (κ3) is 4.56. The van der Waals surface area contributed by atoms with Gasteiger partial charge >= 0.3 is 0 Å². The predicted octanol–water partition coefficient (Wildman–Crippen LogP) is 2.33. The Kier molecular flexibility index (Phi) is 4.80. The lowest BCUT2D eigenvalue weighted by Crippen LogP contribution is -2.36. The summed E-state index contributed by atoms with van der Waals surface area (Å²) in [6.45, 7) is 5.38. The molecule has 2 rings (SSSR count). The monoisotopic (exact) mass is 261 g/mol. The van der Waals surface area contributed by atoms with Crippen molar-refractivity contribution in [3.8, 4) is 0 Å². The first kappa shape index (κ1) is 13.9. The zero-order valence-corrected chi connectivity index (χ0v) is 11.6. The first-order valence-electron chi connectivity index (χ1n) is 7.01. The SMILES string of the molecule is CC1CCCN(CCC(=O)Nc2ccc(N)cc2)C1. The van der Waals surface area contributed by atoms with Crippen LogP contribution in [0.4, 0.5) is 11.4 Å². The molecule has 19 heavy (non-hydrogen) atoms. The second-order valence-electron chi connectivity index (χ2n) is 5.47. The maximum Gasteiger partial charge on any atom is 0.225 e. The molecule has 1 amide bonds. The van der Waals surface area contributed by atoms with Crippen LogP contribution in [0.3, 0.4) is 0 Å². The highest BCUT2D eigenvalue weighted by Gasteiger charge is 2.16. The summed E-state index contributed by atoms with van der Waals surface area (Å²) in [5.74, 6) is 0.830. The van der Waals surface area contributed by atoms with Gasteiger partial charge in [-0.1, -0.05) is 6.92 Å². The number of benzene rings is 1. The van der Waals surface area contributed by atoms with E-state index in [2.05, 4.69) is 17.1 Å². The predicted molar refractivity (Wildman–Crippen MR) is 78.9 cm³/mol. The van der Waals surface area contributed by atoms with Crippen LogP contribution in [-0.2, 0) is 4.79 Å². The highest BCUT2D eigenvalue weighted by atomic mass is 16.1. The molecular weight excluding hydrogens is 238 g/mol. The largest absolute Gasteiger partial charge is 0.399 e. The van der Waals surface area contributed by atoms with Crippen molar-refractivity contribution in [2.45, 2.75) is 26.2 Å². The Morgan fingerprint density at radius 1 is 1.42 bits per heavy atom. The van der Waals surface area contributed by atoms with Gasteiger partial charge in [-0.15, -0.1) is 0 Å². The van der Waals surface area contributed by atoms with Crippen molar-refractivity contribution in [1.82, 2.24) is 4.90 Å². The molecule has 0 spiro atoms. The summed E-state index contributed by atoms with van der Waals surface area (Å²) < 4.78 is 0. The van der Waals surface area contributed by atoms with Gasteiger partial charge in [0.05, 0.1) is 0 Å². The van der Waals surface area contributed by atoms with Gasteiger partial charge in [-0.2, -0.15) is 0 Å². The maximum atomic E-state index is 11.9. The Labute approximate surface area is 115 Å². The average molecular weight is 261 g/mol. The van der Waals surface area contributed by atoms with Gasteiger partial charge in [0.2, 0.25) is 5.91 Å². The molecular formula is C15H23N3O. The van der Waals surface area contributed by atoms with Crippen LogP contribution in [0.2, 0.25) is 0 Å². The highest BCUT2D eigenvalue weighted by molar-refractivity contribution is 5.90. The van der Waals surface area contributed by atoms with Gasteiger partial charge in [-0.05, 0) is 49.6 Å². The molecule has 1 saturated heterocycles. The second kappa shape index (κ2) is 6.57. The lowest BCUT2D eigenvalue weighted by Gasteiger charge is -2.30. The lowest BCUT2D eigenvalue weighted by molar-refractivity contribution is -0.116. The Morgan fingerprint density at radius 3 is 2.84 bits per heavy atom. The molecule has 4 heteroatoms. The number of nitrogens with one attached hydrogen (secondary N) is 1. The van der Waals surface area contributed by atoms with Crippen molar-refractivity contribution >= 4 is 17.3 Å². The molecule has 1 aliphatic rings. The van der Waals surface area contributed by atoms with E-state index in [0.29, 0.717) is 12.1 Å². The number of piperidine rings is 1. The number of nitrogens with two attached hydrogens (primary N) is 1. The fraction of sp³-hybridized carbons (Fsp3) is 0.533. The van der Waals surface area contributed by atoms with Crippen molar-refractivity contribution in [2.75, 3.05) is 30.7 Å². The van der Waals surface area contributed by atoms with E-state index in [1.165, 1.54) is 12.8 Å². The number of likely N-dealkylation sites (tertiary alicyclic amines) is 1. The molecule has 0 radical (unpaired) electrons. The van der Waals surface area contributed by atoms with E-state index in [1.54, 1.807) is 12.1 Å². The number of carbonyl (C=O) groups is 1. The molecule has 1 atom stereocenters. The number of rotatable bonds is 4. The van der Waals surface area contributed by atoms with Crippen molar-refractivity contribution in [1.29, 1.82) is 0 Å². The summed E-state index contributed by atoms with van der Waals surface area (Å²) in [4.78, 5) is 14.2. The Bertz CT molecular complexity index is 416. The number of amides is 1. The summed E-state index contributed by atoms with van der Waals surface area (Å²) >= 11 is 0. The van der Waals surface area contributed by atoms with Crippen LogP contribution in [0.25, 0.3) is 0 Å². The first-order valence-corrected chi connectivity index (χ1v) is 7.01. The zero-order valence-electron chi connectivity index (χ0n) is 11.6. The summed E-state index contributed by atoms with van der Waals surface area (Å²) in [5.41, 5.74) is 7.13. The number of nitrogen functional groups attached to an aromatic ring is 1. The number of hydrogen-bond acceptors (Lipinski definition) is 3. The molecule has 1 aromatic carbocycles. The van der Waals surface area contributed by atoms with E-state index >= 15 is 0 Å². The number of carbonyl (C=O) groups excluding carboxylic acids is 1. The fourth-order valence-corrected chi connectivity index (χ4v) is 2.54. The molecule has 0 bridgehead atoms. The third-order valence-electron chi connectivity index (χ3n) is 3.59. The van der Waals surface area contributed by atoms with Crippen LogP contribution < -0.4 is 11.1 Å². The van der Waals surface area contributed by atoms with Crippen LogP contribution in [0, 0.1) is 5.92 Å². The van der Waals surface area contributed by atoms with E-state index in [-0.39, 0.29) is 5.91 Å². The summed E-state index contributed by atoms with van der Waals surface area (Å²) in [6, 6.07) is 7.25. The second-order valence-corrected chi connectivity index (χ2v) is 5.47. The fourth-order valence-electron chi connectivity index (χ4n) is 2.54. The number of anilines is 2.